The molecule has 0 fully saturated rings. The van der Waals surface area contributed by atoms with Crippen molar-refractivity contribution < 1.29 is 0 Å². The summed E-state index contributed by atoms with van der Waals surface area (Å²) in [6.45, 7) is 8.83. The first-order valence-corrected chi connectivity index (χ1v) is 8.69. The lowest BCUT2D eigenvalue weighted by molar-refractivity contribution is 0.734. The van der Waals surface area contributed by atoms with Crippen molar-refractivity contribution in [3.05, 3.63) is 59.7 Å². The Hall–Kier alpha value is -1.87. The maximum atomic E-state index is 5.45. The van der Waals surface area contributed by atoms with Gasteiger partial charge in [-0.05, 0) is 59.8 Å². The van der Waals surface area contributed by atoms with Crippen LogP contribution in [0.1, 0.15) is 57.1 Å². The minimum Gasteiger partial charge on any atom is -0.332 e. The number of thiocarbonyl (C=S) groups is 1. The molecule has 1 unspecified atom stereocenters. The van der Waals surface area contributed by atoms with Crippen molar-refractivity contribution in [1.29, 1.82) is 0 Å². The Bertz CT molecular complexity index is 647. The highest BCUT2D eigenvalue weighted by Gasteiger charge is 2.08. The second-order valence-corrected chi connectivity index (χ2v) is 6.66. The predicted molar refractivity (Wildman–Crippen MR) is 106 cm³/mol. The zero-order valence-electron chi connectivity index (χ0n) is 14.4. The van der Waals surface area contributed by atoms with Gasteiger partial charge in [0.2, 0.25) is 0 Å². The van der Waals surface area contributed by atoms with Crippen LogP contribution in [0.5, 0.6) is 0 Å². The molecule has 0 aliphatic carbocycles. The smallest absolute Gasteiger partial charge is 0.175 e. The van der Waals surface area contributed by atoms with E-state index >= 15 is 0 Å². The lowest BCUT2D eigenvalue weighted by Gasteiger charge is -2.16. The Morgan fingerprint density at radius 1 is 0.957 bits per heavy atom. The molecule has 0 aromatic heterocycles. The molecule has 3 heteroatoms. The van der Waals surface area contributed by atoms with Gasteiger partial charge < -0.3 is 10.6 Å². The maximum Gasteiger partial charge on any atom is 0.175 e. The van der Waals surface area contributed by atoms with E-state index in [-0.39, 0.29) is 0 Å². The Labute approximate surface area is 145 Å². The third kappa shape index (κ3) is 4.80. The van der Waals surface area contributed by atoms with Gasteiger partial charge in [-0.2, -0.15) is 0 Å². The number of benzene rings is 2. The van der Waals surface area contributed by atoms with Gasteiger partial charge in [0.25, 0.3) is 0 Å². The minimum absolute atomic E-state index is 0.455. The van der Waals surface area contributed by atoms with Crippen molar-refractivity contribution in [3.63, 3.8) is 0 Å². The molecule has 0 amide bonds. The molecule has 0 saturated carbocycles. The van der Waals surface area contributed by atoms with Crippen molar-refractivity contribution >= 4 is 28.7 Å². The molecular weight excluding hydrogens is 300 g/mol. The number of anilines is 2. The zero-order chi connectivity index (χ0) is 16.8. The normalized spacial score (nSPS) is 12.0. The zero-order valence-corrected chi connectivity index (χ0v) is 15.2. The third-order valence-electron chi connectivity index (χ3n) is 4.18. The summed E-state index contributed by atoms with van der Waals surface area (Å²) in [5, 5.41) is 7.19. The van der Waals surface area contributed by atoms with Crippen LogP contribution in [0.3, 0.4) is 0 Å². The van der Waals surface area contributed by atoms with Crippen molar-refractivity contribution in [1.82, 2.24) is 0 Å². The van der Waals surface area contributed by atoms with Crippen molar-refractivity contribution in [2.75, 3.05) is 10.6 Å². The van der Waals surface area contributed by atoms with Gasteiger partial charge in [0.15, 0.2) is 5.11 Å². The number of hydrogen-bond donors (Lipinski definition) is 2. The molecule has 0 bridgehead atoms. The van der Waals surface area contributed by atoms with E-state index in [0.717, 1.165) is 17.8 Å². The summed E-state index contributed by atoms with van der Waals surface area (Å²) in [6.07, 6.45) is 1.15. The summed E-state index contributed by atoms with van der Waals surface area (Å²) >= 11 is 5.45. The van der Waals surface area contributed by atoms with Crippen LogP contribution in [0, 0.1) is 0 Å². The molecule has 0 heterocycles. The molecule has 2 nitrogen and oxygen atoms in total. The van der Waals surface area contributed by atoms with Crippen LogP contribution in [-0.2, 0) is 0 Å². The molecule has 0 spiro atoms. The first-order valence-electron chi connectivity index (χ1n) is 8.28. The van der Waals surface area contributed by atoms with Crippen molar-refractivity contribution in [2.24, 2.45) is 0 Å². The van der Waals surface area contributed by atoms with E-state index in [2.05, 4.69) is 80.8 Å². The molecule has 1 atom stereocenters. The van der Waals surface area contributed by atoms with E-state index in [1.165, 1.54) is 11.1 Å². The van der Waals surface area contributed by atoms with Crippen molar-refractivity contribution in [3.8, 4) is 0 Å². The molecule has 0 aliphatic heterocycles. The molecule has 0 aliphatic rings. The maximum absolute atomic E-state index is 5.45. The number of para-hydroxylation sites is 1. The summed E-state index contributed by atoms with van der Waals surface area (Å²) in [6, 6.07) is 16.8. The van der Waals surface area contributed by atoms with Gasteiger partial charge in [-0.25, -0.2) is 0 Å². The summed E-state index contributed by atoms with van der Waals surface area (Å²) in [4.78, 5) is 0. The van der Waals surface area contributed by atoms with E-state index in [1.54, 1.807) is 0 Å². The second-order valence-electron chi connectivity index (χ2n) is 6.25. The largest absolute Gasteiger partial charge is 0.332 e. The SMILES string of the molecule is CCC(C)c1ccc(NC(=S)Nc2ccccc2C(C)C)cc1. The Balaban J connectivity index is 2.03. The number of nitrogens with one attached hydrogen (secondary N) is 2. The van der Waals surface area contributed by atoms with Gasteiger partial charge in [-0.1, -0.05) is 58.0 Å². The molecular formula is C20H26N2S. The molecule has 2 N–H and O–H groups in total. The fraction of sp³-hybridized carbons (Fsp3) is 0.350. The van der Waals surface area contributed by atoms with E-state index in [4.69, 9.17) is 12.2 Å². The third-order valence-corrected chi connectivity index (χ3v) is 4.39. The quantitative estimate of drug-likeness (QED) is 0.646. The monoisotopic (exact) mass is 326 g/mol. The van der Waals surface area contributed by atoms with Crippen LogP contribution in [0.25, 0.3) is 0 Å². The van der Waals surface area contributed by atoms with Crippen LogP contribution in [0.2, 0.25) is 0 Å². The summed E-state index contributed by atoms with van der Waals surface area (Å²) in [5.74, 6) is 1.04. The van der Waals surface area contributed by atoms with Gasteiger partial charge in [0.1, 0.15) is 0 Å². The second kappa shape index (κ2) is 8.11. The Kier molecular flexibility index (Phi) is 6.17. The van der Waals surface area contributed by atoms with E-state index < -0.39 is 0 Å². The van der Waals surface area contributed by atoms with Crippen LogP contribution in [0.4, 0.5) is 11.4 Å². The highest BCUT2D eigenvalue weighted by molar-refractivity contribution is 7.80. The van der Waals surface area contributed by atoms with E-state index in [9.17, 15) is 0 Å². The molecule has 2 rings (SSSR count). The summed E-state index contributed by atoms with van der Waals surface area (Å²) in [7, 11) is 0. The summed E-state index contributed by atoms with van der Waals surface area (Å²) < 4.78 is 0. The van der Waals surface area contributed by atoms with Crippen LogP contribution in [0.15, 0.2) is 48.5 Å². The van der Waals surface area contributed by atoms with Gasteiger partial charge in [0, 0.05) is 11.4 Å². The topological polar surface area (TPSA) is 24.1 Å². The van der Waals surface area contributed by atoms with Gasteiger partial charge >= 0.3 is 0 Å². The van der Waals surface area contributed by atoms with Crippen LogP contribution >= 0.6 is 12.2 Å². The van der Waals surface area contributed by atoms with Crippen molar-refractivity contribution in [2.45, 2.75) is 46.0 Å². The number of hydrogen-bond acceptors (Lipinski definition) is 1. The first-order chi connectivity index (χ1) is 11.0. The van der Waals surface area contributed by atoms with Gasteiger partial charge in [-0.15, -0.1) is 0 Å². The molecule has 2 aromatic rings. The predicted octanol–water partition coefficient (Wildman–Crippen LogP) is 6.13. The highest BCUT2D eigenvalue weighted by atomic mass is 32.1. The Morgan fingerprint density at radius 2 is 1.61 bits per heavy atom. The van der Waals surface area contributed by atoms with Crippen LogP contribution in [-0.4, -0.2) is 5.11 Å². The average molecular weight is 327 g/mol. The molecule has 0 saturated heterocycles. The highest BCUT2D eigenvalue weighted by Crippen LogP contribution is 2.24. The van der Waals surface area contributed by atoms with E-state index in [1.807, 2.05) is 6.07 Å². The number of rotatable bonds is 5. The molecule has 122 valence electrons. The molecule has 2 aromatic carbocycles. The minimum atomic E-state index is 0.455. The van der Waals surface area contributed by atoms with Gasteiger partial charge in [-0.3, -0.25) is 0 Å². The summed E-state index contributed by atoms with van der Waals surface area (Å²) in [5.41, 5.74) is 4.71. The molecule has 23 heavy (non-hydrogen) atoms. The average Bonchev–Trinajstić information content (AvgIpc) is 2.55. The standard InChI is InChI=1S/C20H26N2S/c1-5-15(4)16-10-12-17(13-11-16)21-20(23)22-19-9-7-6-8-18(19)14(2)3/h6-15H,5H2,1-4H3,(H2,21,22,23). The fourth-order valence-electron chi connectivity index (χ4n) is 2.53. The van der Waals surface area contributed by atoms with E-state index in [0.29, 0.717) is 16.9 Å². The van der Waals surface area contributed by atoms with Crippen LogP contribution < -0.4 is 10.6 Å². The first kappa shape index (κ1) is 17.5. The Morgan fingerprint density at radius 3 is 2.22 bits per heavy atom. The lowest BCUT2D eigenvalue weighted by Crippen LogP contribution is -2.20. The van der Waals surface area contributed by atoms with Gasteiger partial charge in [0.05, 0.1) is 0 Å². The molecule has 0 radical (unpaired) electrons. The fourth-order valence-corrected chi connectivity index (χ4v) is 2.76. The lowest BCUT2D eigenvalue weighted by atomic mass is 9.99.